The summed E-state index contributed by atoms with van der Waals surface area (Å²) in [4.78, 5) is 0. The molecule has 0 radical (unpaired) electrons. The first-order valence-electron chi connectivity index (χ1n) is 6.11. The predicted octanol–water partition coefficient (Wildman–Crippen LogP) is 2.53. The quantitative estimate of drug-likeness (QED) is 0.252. The van der Waals surface area contributed by atoms with Crippen molar-refractivity contribution in [2.45, 2.75) is 0 Å². The maximum Gasteiger partial charge on any atom is 0.348 e. The number of rotatable bonds is 14. The van der Waals surface area contributed by atoms with Crippen LogP contribution in [-0.2, 0) is 13.4 Å². The van der Waals surface area contributed by atoms with E-state index >= 15 is 0 Å². The monoisotopic (exact) mass is 422 g/mol. The van der Waals surface area contributed by atoms with Crippen molar-refractivity contribution in [1.29, 1.82) is 0 Å². The largest absolute Gasteiger partial charge is 0.348 e. The highest BCUT2D eigenvalue weighted by Gasteiger charge is 2.34. The van der Waals surface area contributed by atoms with Crippen LogP contribution in [0.1, 0.15) is 0 Å². The Labute approximate surface area is 145 Å². The van der Waals surface area contributed by atoms with E-state index in [1.807, 2.05) is 0 Å². The van der Waals surface area contributed by atoms with Gasteiger partial charge in [-0.1, -0.05) is 0 Å². The maximum atomic E-state index is 12.6. The van der Waals surface area contributed by atoms with Gasteiger partial charge in [-0.2, -0.15) is 0 Å². The number of hydrogen-bond acceptors (Lipinski definition) is 3. The van der Waals surface area contributed by atoms with E-state index in [2.05, 4.69) is 20.3 Å². The average molecular weight is 424 g/mol. The van der Waals surface area contributed by atoms with Crippen molar-refractivity contribution in [3.8, 4) is 0 Å². The molecule has 0 rings (SSSR count). The molecule has 0 aromatic carbocycles. The van der Waals surface area contributed by atoms with Gasteiger partial charge < -0.3 is 0 Å². The van der Waals surface area contributed by atoms with E-state index in [1.54, 1.807) is 0 Å². The van der Waals surface area contributed by atoms with Crippen LogP contribution < -0.4 is 20.3 Å². The van der Waals surface area contributed by atoms with Crippen LogP contribution in [0.5, 0.6) is 0 Å². The van der Waals surface area contributed by atoms with Crippen molar-refractivity contribution in [2.75, 3.05) is 49.7 Å². The van der Waals surface area contributed by atoms with E-state index in [4.69, 9.17) is 50.7 Å². The molecule has 0 aliphatic rings. The summed E-state index contributed by atoms with van der Waals surface area (Å²) >= 11 is 22.2. The third-order valence-corrected chi connectivity index (χ3v) is 7.04. The van der Waals surface area contributed by atoms with Crippen LogP contribution in [0, 0.1) is 0 Å². The first-order valence-corrected chi connectivity index (χ1v) is 11.5. The minimum Gasteiger partial charge on any atom is -0.256 e. The summed E-state index contributed by atoms with van der Waals surface area (Å²) in [6.07, 6.45) is 0. The first-order chi connectivity index (χ1) is 9.95. The van der Waals surface area contributed by atoms with Crippen LogP contribution in [0.15, 0.2) is 0 Å². The zero-order chi connectivity index (χ0) is 16.2. The van der Waals surface area contributed by atoms with E-state index in [1.165, 1.54) is 0 Å². The molecular formula is C8H20Cl4N4O3P2. The summed E-state index contributed by atoms with van der Waals surface area (Å²) in [5.74, 6) is 0.851. The van der Waals surface area contributed by atoms with Crippen molar-refractivity contribution in [2.24, 2.45) is 0 Å². The van der Waals surface area contributed by atoms with Gasteiger partial charge in [0.2, 0.25) is 0 Å². The second-order valence-electron chi connectivity index (χ2n) is 3.57. The summed E-state index contributed by atoms with van der Waals surface area (Å²) in [6, 6.07) is 0. The fraction of sp³-hybridized carbons (Fsp3) is 1.00. The standard InChI is InChI=1S/C8H20Cl4N4O3P2/c9-1-5-13-20(17,14-6-2-10)19-21(18,15-7-3-11)16-8-4-12/h1-8H2,(H2,13,14,17)(H2,15,16,18). The molecule has 13 heteroatoms. The van der Waals surface area contributed by atoms with Crippen LogP contribution in [0.2, 0.25) is 0 Å². The van der Waals surface area contributed by atoms with Gasteiger partial charge in [-0.05, 0) is 0 Å². The molecule has 0 aliphatic carbocycles. The van der Waals surface area contributed by atoms with Gasteiger partial charge in [0.1, 0.15) is 0 Å². The Balaban J connectivity index is 4.90. The van der Waals surface area contributed by atoms with Crippen molar-refractivity contribution in [3.63, 3.8) is 0 Å². The van der Waals surface area contributed by atoms with Crippen LogP contribution >= 0.6 is 61.7 Å². The molecule has 0 saturated carbocycles. The van der Waals surface area contributed by atoms with Crippen molar-refractivity contribution in [1.82, 2.24) is 20.3 Å². The van der Waals surface area contributed by atoms with Gasteiger partial charge in [-0.25, -0.2) is 24.7 Å². The Morgan fingerprint density at radius 2 is 0.857 bits per heavy atom. The Morgan fingerprint density at radius 3 is 1.05 bits per heavy atom. The number of nitrogens with one attached hydrogen (secondary N) is 4. The number of hydrogen-bond donors (Lipinski definition) is 4. The third kappa shape index (κ3) is 10.7. The minimum atomic E-state index is -3.60. The molecule has 4 N–H and O–H groups in total. The maximum absolute atomic E-state index is 12.6. The van der Waals surface area contributed by atoms with Crippen LogP contribution in [0.4, 0.5) is 0 Å². The van der Waals surface area contributed by atoms with Crippen molar-refractivity contribution < 1.29 is 13.4 Å². The predicted molar refractivity (Wildman–Crippen MR) is 91.2 cm³/mol. The van der Waals surface area contributed by atoms with Crippen LogP contribution in [-0.4, -0.2) is 49.7 Å². The van der Waals surface area contributed by atoms with Gasteiger partial charge in [0.15, 0.2) is 0 Å². The fourth-order valence-electron chi connectivity index (χ4n) is 1.15. The highest BCUT2D eigenvalue weighted by atomic mass is 35.5. The Kier molecular flexibility index (Phi) is 13.7. The first kappa shape index (κ1) is 22.4. The Hall–Kier alpha value is 1.42. The molecule has 0 spiro atoms. The van der Waals surface area contributed by atoms with Gasteiger partial charge in [-0.3, -0.25) is 9.13 Å². The van der Waals surface area contributed by atoms with E-state index in [-0.39, 0.29) is 49.7 Å². The molecule has 128 valence electrons. The van der Waals surface area contributed by atoms with Crippen LogP contribution in [0.3, 0.4) is 0 Å². The molecule has 0 atom stereocenters. The second-order valence-corrected chi connectivity index (χ2v) is 9.21. The summed E-state index contributed by atoms with van der Waals surface area (Å²) in [7, 11) is -7.19. The van der Waals surface area contributed by atoms with Gasteiger partial charge >= 0.3 is 15.3 Å². The lowest BCUT2D eigenvalue weighted by Gasteiger charge is -2.26. The molecular weight excluding hydrogens is 404 g/mol. The zero-order valence-corrected chi connectivity index (χ0v) is 16.1. The number of alkyl halides is 4. The smallest absolute Gasteiger partial charge is 0.256 e. The second kappa shape index (κ2) is 12.8. The molecule has 21 heavy (non-hydrogen) atoms. The average Bonchev–Trinajstić information content (AvgIpc) is 2.47. The molecule has 0 aromatic rings. The Bertz CT molecular complexity index is 310. The lowest BCUT2D eigenvalue weighted by molar-refractivity contribution is 0.421. The molecule has 0 amide bonds. The highest BCUT2D eigenvalue weighted by molar-refractivity contribution is 7.68. The van der Waals surface area contributed by atoms with E-state index in [9.17, 15) is 9.13 Å². The summed E-state index contributed by atoms with van der Waals surface area (Å²) in [6.45, 7) is 0.830. The minimum absolute atomic E-state index is 0.207. The molecule has 0 saturated heterocycles. The van der Waals surface area contributed by atoms with Crippen molar-refractivity contribution >= 4 is 61.7 Å². The summed E-state index contributed by atoms with van der Waals surface area (Å²) in [5, 5.41) is 10.4. The zero-order valence-electron chi connectivity index (χ0n) is 11.3. The van der Waals surface area contributed by atoms with E-state index in [0.29, 0.717) is 0 Å². The Morgan fingerprint density at radius 1 is 0.619 bits per heavy atom. The molecule has 0 fully saturated rings. The van der Waals surface area contributed by atoms with Gasteiger partial charge in [0.05, 0.1) is 0 Å². The summed E-state index contributed by atoms with van der Waals surface area (Å²) in [5.41, 5.74) is 0. The van der Waals surface area contributed by atoms with Crippen molar-refractivity contribution in [3.05, 3.63) is 0 Å². The molecule has 0 aliphatic heterocycles. The molecule has 0 bridgehead atoms. The van der Waals surface area contributed by atoms with Gasteiger partial charge in [0.25, 0.3) is 0 Å². The normalized spacial score (nSPS) is 12.8. The summed E-state index contributed by atoms with van der Waals surface area (Å²) < 4.78 is 30.5. The highest BCUT2D eigenvalue weighted by Crippen LogP contribution is 2.54. The fourth-order valence-corrected chi connectivity index (χ4v) is 6.12. The van der Waals surface area contributed by atoms with E-state index < -0.39 is 15.3 Å². The van der Waals surface area contributed by atoms with E-state index in [0.717, 1.165) is 0 Å². The van der Waals surface area contributed by atoms with Gasteiger partial charge in [0, 0.05) is 49.7 Å². The lowest BCUT2D eigenvalue weighted by atomic mass is 10.8. The van der Waals surface area contributed by atoms with Crippen LogP contribution in [0.25, 0.3) is 0 Å². The molecule has 0 aromatic heterocycles. The molecule has 7 nitrogen and oxygen atoms in total. The van der Waals surface area contributed by atoms with Gasteiger partial charge in [-0.15, -0.1) is 46.4 Å². The lowest BCUT2D eigenvalue weighted by Crippen LogP contribution is -2.32. The molecule has 0 unspecified atom stereocenters. The SMILES string of the molecule is O=P(NCCCl)(NCCCl)OP(=O)(NCCCl)NCCCl. The number of halogens is 4. The topological polar surface area (TPSA) is 91.5 Å². The third-order valence-electron chi connectivity index (χ3n) is 1.89. The molecule has 0 heterocycles.